The first-order valence-electron chi connectivity index (χ1n) is 8.61. The van der Waals surface area contributed by atoms with E-state index in [0.29, 0.717) is 23.3 Å². The maximum atomic E-state index is 12.8. The van der Waals surface area contributed by atoms with E-state index in [4.69, 9.17) is 4.65 Å². The minimum Gasteiger partial charge on any atom is -0.535 e. The van der Waals surface area contributed by atoms with Crippen molar-refractivity contribution in [3.8, 4) is 5.75 Å². The van der Waals surface area contributed by atoms with Crippen molar-refractivity contribution >= 4 is 29.6 Å². The smallest absolute Gasteiger partial charge is 0.526 e. The second-order valence-electron chi connectivity index (χ2n) is 6.69. The number of carbonyl (C=O) groups excluding carboxylic acids is 2. The van der Waals surface area contributed by atoms with Gasteiger partial charge in [0, 0.05) is 34.9 Å². The second-order valence-corrected chi connectivity index (χ2v) is 6.69. The van der Waals surface area contributed by atoms with Gasteiger partial charge < -0.3 is 14.7 Å². The molecule has 26 heavy (non-hydrogen) atoms. The SMILES string of the molecule is CC(=O)c1cccc2c1OB(O)[C@@H](CC(=O)c1cccc3[nH]ccc13)C2. The number of hydrogen-bond donors (Lipinski definition) is 2. The molecule has 1 atom stereocenters. The minimum atomic E-state index is -1.11. The van der Waals surface area contributed by atoms with Crippen molar-refractivity contribution < 1.29 is 19.3 Å². The molecule has 2 aromatic carbocycles. The molecule has 2 N–H and O–H groups in total. The Bertz CT molecular complexity index is 1010. The van der Waals surface area contributed by atoms with Crippen LogP contribution in [0.4, 0.5) is 0 Å². The fraction of sp³-hybridized carbons (Fsp3) is 0.200. The average Bonchev–Trinajstić information content (AvgIpc) is 3.10. The number of carbonyl (C=O) groups is 2. The molecule has 1 aromatic heterocycles. The number of aromatic nitrogens is 1. The van der Waals surface area contributed by atoms with E-state index in [0.717, 1.165) is 16.5 Å². The van der Waals surface area contributed by atoms with Crippen LogP contribution < -0.4 is 4.65 Å². The summed E-state index contributed by atoms with van der Waals surface area (Å²) in [6.45, 7) is 1.47. The van der Waals surface area contributed by atoms with Crippen LogP contribution in [0.2, 0.25) is 5.82 Å². The van der Waals surface area contributed by atoms with Crippen LogP contribution in [0.25, 0.3) is 10.9 Å². The Morgan fingerprint density at radius 2 is 1.96 bits per heavy atom. The molecule has 2 heterocycles. The van der Waals surface area contributed by atoms with Crippen molar-refractivity contribution in [1.82, 2.24) is 4.98 Å². The third kappa shape index (κ3) is 2.82. The fourth-order valence-corrected chi connectivity index (χ4v) is 3.61. The van der Waals surface area contributed by atoms with E-state index in [1.165, 1.54) is 6.92 Å². The molecule has 0 bridgehead atoms. The summed E-state index contributed by atoms with van der Waals surface area (Å²) in [6, 6.07) is 12.8. The highest BCUT2D eigenvalue weighted by Gasteiger charge is 2.37. The molecule has 5 nitrogen and oxygen atoms in total. The molecule has 0 spiro atoms. The van der Waals surface area contributed by atoms with Crippen molar-refractivity contribution in [3.05, 3.63) is 65.4 Å². The van der Waals surface area contributed by atoms with Gasteiger partial charge in [-0.15, -0.1) is 0 Å². The molecule has 0 aliphatic carbocycles. The van der Waals surface area contributed by atoms with E-state index in [1.54, 1.807) is 24.4 Å². The van der Waals surface area contributed by atoms with Crippen molar-refractivity contribution in [2.75, 3.05) is 0 Å². The van der Waals surface area contributed by atoms with Crippen LogP contribution in [-0.2, 0) is 6.42 Å². The zero-order valence-electron chi connectivity index (χ0n) is 14.4. The van der Waals surface area contributed by atoms with Crippen molar-refractivity contribution in [1.29, 1.82) is 0 Å². The number of ketones is 2. The zero-order chi connectivity index (χ0) is 18.3. The topological polar surface area (TPSA) is 79.4 Å². The molecule has 130 valence electrons. The molecule has 3 aromatic rings. The molecule has 0 amide bonds. The Labute approximate surface area is 151 Å². The Balaban J connectivity index is 1.60. The Kier molecular flexibility index (Phi) is 4.13. The predicted octanol–water partition coefficient (Wildman–Crippen LogP) is 3.43. The molecule has 0 radical (unpaired) electrons. The van der Waals surface area contributed by atoms with Gasteiger partial charge in [0.05, 0.1) is 5.56 Å². The predicted molar refractivity (Wildman–Crippen MR) is 99.7 cm³/mol. The van der Waals surface area contributed by atoms with Gasteiger partial charge in [0.15, 0.2) is 11.6 Å². The number of H-pyrrole nitrogens is 1. The highest BCUT2D eigenvalue weighted by atomic mass is 16.5. The van der Waals surface area contributed by atoms with E-state index >= 15 is 0 Å². The van der Waals surface area contributed by atoms with Crippen LogP contribution in [0.3, 0.4) is 0 Å². The summed E-state index contributed by atoms with van der Waals surface area (Å²) < 4.78 is 5.62. The molecular formula is C20H18BNO4. The van der Waals surface area contributed by atoms with Crippen LogP contribution >= 0.6 is 0 Å². The summed E-state index contributed by atoms with van der Waals surface area (Å²) in [5.74, 6) is -0.0629. The third-order valence-corrected chi connectivity index (χ3v) is 4.94. The van der Waals surface area contributed by atoms with Gasteiger partial charge in [0.25, 0.3) is 0 Å². The van der Waals surface area contributed by atoms with E-state index in [-0.39, 0.29) is 23.8 Å². The molecular weight excluding hydrogens is 329 g/mol. The van der Waals surface area contributed by atoms with Crippen molar-refractivity contribution in [2.45, 2.75) is 25.6 Å². The molecule has 0 fully saturated rings. The van der Waals surface area contributed by atoms with Gasteiger partial charge >= 0.3 is 7.12 Å². The van der Waals surface area contributed by atoms with Gasteiger partial charge in [-0.3, -0.25) is 9.59 Å². The number of Topliss-reactive ketones (excluding diaryl/α,β-unsaturated/α-hetero) is 2. The fourth-order valence-electron chi connectivity index (χ4n) is 3.61. The Hall–Kier alpha value is -2.86. The van der Waals surface area contributed by atoms with Crippen LogP contribution in [0.15, 0.2) is 48.7 Å². The molecule has 0 saturated heterocycles. The maximum absolute atomic E-state index is 12.8. The first-order valence-corrected chi connectivity index (χ1v) is 8.61. The normalized spacial score (nSPS) is 16.2. The summed E-state index contributed by atoms with van der Waals surface area (Å²) in [7, 11) is -1.11. The number of aromatic amines is 1. The molecule has 4 rings (SSSR count). The van der Waals surface area contributed by atoms with E-state index in [1.807, 2.05) is 24.3 Å². The van der Waals surface area contributed by atoms with Crippen LogP contribution in [0.1, 0.15) is 39.6 Å². The lowest BCUT2D eigenvalue weighted by molar-refractivity contribution is 0.0972. The molecule has 6 heteroatoms. The van der Waals surface area contributed by atoms with Gasteiger partial charge in [0.1, 0.15) is 5.75 Å². The number of fused-ring (bicyclic) bond motifs is 2. The van der Waals surface area contributed by atoms with Gasteiger partial charge in [0.2, 0.25) is 0 Å². The largest absolute Gasteiger partial charge is 0.535 e. The number of rotatable bonds is 4. The number of benzene rings is 2. The summed E-state index contributed by atoms with van der Waals surface area (Å²) in [4.78, 5) is 27.7. The lowest BCUT2D eigenvalue weighted by Crippen LogP contribution is -2.35. The number of nitrogens with one attached hydrogen (secondary N) is 1. The first-order chi connectivity index (χ1) is 12.5. The van der Waals surface area contributed by atoms with Gasteiger partial charge in [-0.1, -0.05) is 24.3 Å². The van der Waals surface area contributed by atoms with E-state index in [9.17, 15) is 14.6 Å². The highest BCUT2D eigenvalue weighted by molar-refractivity contribution is 6.47. The van der Waals surface area contributed by atoms with Crippen LogP contribution in [0, 0.1) is 0 Å². The van der Waals surface area contributed by atoms with Gasteiger partial charge in [-0.2, -0.15) is 0 Å². The second kappa shape index (κ2) is 6.46. The highest BCUT2D eigenvalue weighted by Crippen LogP contribution is 2.37. The summed E-state index contributed by atoms with van der Waals surface area (Å²) in [5, 5.41) is 11.3. The summed E-state index contributed by atoms with van der Waals surface area (Å²) in [5.41, 5.74) is 2.86. The van der Waals surface area contributed by atoms with Crippen LogP contribution in [-0.4, -0.2) is 28.7 Å². The van der Waals surface area contributed by atoms with E-state index in [2.05, 4.69) is 4.98 Å². The Morgan fingerprint density at radius 3 is 2.77 bits per heavy atom. The maximum Gasteiger partial charge on any atom is 0.526 e. The average molecular weight is 347 g/mol. The molecule has 1 aliphatic rings. The standard InChI is InChI=1S/C20H18BNO4/c1-12(23)15-5-2-4-13-10-14(21(25)26-20(13)15)11-19(24)17-6-3-7-18-16(17)8-9-22-18/h2-9,14,22,25H,10-11H2,1H3/t14-/m1/s1. The van der Waals surface area contributed by atoms with Crippen molar-refractivity contribution in [3.63, 3.8) is 0 Å². The summed E-state index contributed by atoms with van der Waals surface area (Å²) in [6.07, 6.45) is 2.47. The monoisotopic (exact) mass is 347 g/mol. The summed E-state index contributed by atoms with van der Waals surface area (Å²) >= 11 is 0. The van der Waals surface area contributed by atoms with Crippen molar-refractivity contribution in [2.24, 2.45) is 0 Å². The lowest BCUT2D eigenvalue weighted by Gasteiger charge is -2.28. The first kappa shape index (κ1) is 16.6. The van der Waals surface area contributed by atoms with E-state index < -0.39 is 7.12 Å². The lowest BCUT2D eigenvalue weighted by atomic mass is 9.64. The minimum absolute atomic E-state index is 0.0333. The third-order valence-electron chi connectivity index (χ3n) is 4.94. The zero-order valence-corrected chi connectivity index (χ0v) is 14.4. The molecule has 1 aliphatic heterocycles. The molecule has 0 saturated carbocycles. The number of hydrogen-bond acceptors (Lipinski definition) is 4. The Morgan fingerprint density at radius 1 is 1.19 bits per heavy atom. The van der Waals surface area contributed by atoms with Gasteiger partial charge in [-0.05, 0) is 37.1 Å². The molecule has 0 unspecified atom stereocenters. The van der Waals surface area contributed by atoms with Gasteiger partial charge in [-0.25, -0.2) is 0 Å². The quantitative estimate of drug-likeness (QED) is 0.560. The van der Waals surface area contributed by atoms with Crippen LogP contribution in [0.5, 0.6) is 5.75 Å². The number of para-hydroxylation sites is 1.